The van der Waals surface area contributed by atoms with Crippen molar-refractivity contribution >= 4 is 17.8 Å². The molecule has 0 saturated carbocycles. The van der Waals surface area contributed by atoms with E-state index in [1.165, 1.54) is 6.08 Å². The summed E-state index contributed by atoms with van der Waals surface area (Å²) in [6.45, 7) is 7.21. The fraction of sp³-hybridized carbons (Fsp3) is 0.583. The Morgan fingerprint density at radius 2 is 2.06 bits per heavy atom. The summed E-state index contributed by atoms with van der Waals surface area (Å²) >= 11 is 0. The summed E-state index contributed by atoms with van der Waals surface area (Å²) < 4.78 is 0. The molecule has 0 atom stereocenters. The van der Waals surface area contributed by atoms with E-state index in [4.69, 9.17) is 0 Å². The molecule has 1 rings (SSSR count). The van der Waals surface area contributed by atoms with Gasteiger partial charge in [-0.05, 0) is 12.8 Å². The average Bonchev–Trinajstić information content (AvgIpc) is 2.61. The van der Waals surface area contributed by atoms with Crippen molar-refractivity contribution in [3.8, 4) is 0 Å². The fourth-order valence-electron chi connectivity index (χ4n) is 1.93. The monoisotopic (exact) mass is 253 g/mol. The van der Waals surface area contributed by atoms with Gasteiger partial charge in [0.15, 0.2) is 0 Å². The number of carbonyl (C=O) groups excluding carboxylic acids is 3. The van der Waals surface area contributed by atoms with Crippen LogP contribution >= 0.6 is 0 Å². The molecule has 0 aromatic carbocycles. The highest BCUT2D eigenvalue weighted by molar-refractivity contribution is 6.08. The Morgan fingerprint density at radius 1 is 1.44 bits per heavy atom. The molecule has 1 saturated heterocycles. The summed E-state index contributed by atoms with van der Waals surface area (Å²) in [5.74, 6) is -0.701. The van der Waals surface area contributed by atoms with E-state index in [1.54, 1.807) is 0 Å². The predicted molar refractivity (Wildman–Crippen MR) is 66.8 cm³/mol. The van der Waals surface area contributed by atoms with E-state index in [9.17, 15) is 14.4 Å². The molecule has 6 heteroatoms. The van der Waals surface area contributed by atoms with E-state index in [1.807, 2.05) is 13.8 Å². The quantitative estimate of drug-likeness (QED) is 0.531. The van der Waals surface area contributed by atoms with Gasteiger partial charge in [0.25, 0.3) is 5.91 Å². The van der Waals surface area contributed by atoms with E-state index in [-0.39, 0.29) is 18.4 Å². The van der Waals surface area contributed by atoms with Crippen molar-refractivity contribution in [2.75, 3.05) is 13.1 Å². The molecule has 6 nitrogen and oxygen atoms in total. The third-order valence-electron chi connectivity index (χ3n) is 3.20. The second-order valence-electron chi connectivity index (χ2n) is 4.20. The lowest BCUT2D eigenvalue weighted by Crippen LogP contribution is -2.46. The first kappa shape index (κ1) is 14.2. The highest BCUT2D eigenvalue weighted by Crippen LogP contribution is 2.24. The summed E-state index contributed by atoms with van der Waals surface area (Å²) in [7, 11) is 0. The maximum Gasteiger partial charge on any atom is 0.325 e. The van der Waals surface area contributed by atoms with Gasteiger partial charge in [0.1, 0.15) is 12.1 Å². The summed E-state index contributed by atoms with van der Waals surface area (Å²) in [6.07, 6.45) is 2.56. The molecule has 2 N–H and O–H groups in total. The molecule has 0 aromatic rings. The SMILES string of the molecule is C=CCNC(=O)CN1C(=O)NC(CC)(CC)C1=O. The lowest BCUT2D eigenvalue weighted by Gasteiger charge is -2.22. The molecule has 0 aliphatic carbocycles. The maximum atomic E-state index is 12.2. The van der Waals surface area contributed by atoms with Crippen LogP contribution < -0.4 is 10.6 Å². The van der Waals surface area contributed by atoms with Crippen LogP contribution in [0.25, 0.3) is 0 Å². The van der Waals surface area contributed by atoms with Gasteiger partial charge >= 0.3 is 6.03 Å². The van der Waals surface area contributed by atoms with Crippen molar-refractivity contribution in [2.45, 2.75) is 32.2 Å². The normalized spacial score (nSPS) is 17.6. The van der Waals surface area contributed by atoms with Crippen molar-refractivity contribution < 1.29 is 14.4 Å². The van der Waals surface area contributed by atoms with Crippen LogP contribution in [-0.2, 0) is 9.59 Å². The van der Waals surface area contributed by atoms with Gasteiger partial charge in [0.05, 0.1) is 0 Å². The second kappa shape index (κ2) is 5.66. The zero-order valence-corrected chi connectivity index (χ0v) is 10.8. The van der Waals surface area contributed by atoms with Gasteiger partial charge in [-0.3, -0.25) is 14.5 Å². The molecule has 100 valence electrons. The van der Waals surface area contributed by atoms with Gasteiger partial charge in [0.2, 0.25) is 5.91 Å². The Morgan fingerprint density at radius 3 is 2.50 bits per heavy atom. The first-order valence-electron chi connectivity index (χ1n) is 6.02. The van der Waals surface area contributed by atoms with Crippen LogP contribution in [0.5, 0.6) is 0 Å². The summed E-state index contributed by atoms with van der Waals surface area (Å²) in [5.41, 5.74) is -0.851. The fourth-order valence-corrected chi connectivity index (χ4v) is 1.93. The summed E-state index contributed by atoms with van der Waals surface area (Å²) in [6, 6.07) is -0.502. The van der Waals surface area contributed by atoms with Gasteiger partial charge in [-0.25, -0.2) is 4.79 Å². The van der Waals surface area contributed by atoms with Gasteiger partial charge in [-0.2, -0.15) is 0 Å². The number of carbonyl (C=O) groups is 3. The largest absolute Gasteiger partial charge is 0.351 e. The predicted octanol–water partition coefficient (Wildman–Crippen LogP) is 0.399. The Bertz CT molecular complexity index is 375. The van der Waals surface area contributed by atoms with Gasteiger partial charge < -0.3 is 10.6 Å². The van der Waals surface area contributed by atoms with Crippen LogP contribution in [0.15, 0.2) is 12.7 Å². The number of nitrogens with zero attached hydrogens (tertiary/aromatic N) is 1. The molecule has 0 radical (unpaired) electrons. The number of amides is 4. The van der Waals surface area contributed by atoms with Gasteiger partial charge in [-0.1, -0.05) is 19.9 Å². The molecule has 1 heterocycles. The van der Waals surface area contributed by atoms with Crippen molar-refractivity contribution in [1.82, 2.24) is 15.5 Å². The van der Waals surface area contributed by atoms with E-state index in [0.29, 0.717) is 19.4 Å². The Labute approximate surface area is 106 Å². The molecule has 1 aliphatic heterocycles. The van der Waals surface area contributed by atoms with E-state index in [2.05, 4.69) is 17.2 Å². The molecule has 18 heavy (non-hydrogen) atoms. The number of nitrogens with one attached hydrogen (secondary N) is 2. The zero-order valence-electron chi connectivity index (χ0n) is 10.8. The van der Waals surface area contributed by atoms with Crippen LogP contribution in [0.1, 0.15) is 26.7 Å². The molecule has 1 aliphatic rings. The molecule has 0 aromatic heterocycles. The van der Waals surface area contributed by atoms with E-state index >= 15 is 0 Å². The standard InChI is InChI=1S/C12H19N3O3/c1-4-7-13-9(16)8-15-10(17)12(5-2,6-3)14-11(15)18/h4H,1,5-8H2,2-3H3,(H,13,16)(H,14,18). The second-order valence-corrected chi connectivity index (χ2v) is 4.20. The lowest BCUT2D eigenvalue weighted by atomic mass is 9.93. The highest BCUT2D eigenvalue weighted by Gasteiger charge is 2.49. The third kappa shape index (κ3) is 2.52. The zero-order chi connectivity index (χ0) is 13.8. The summed E-state index contributed by atoms with van der Waals surface area (Å²) in [4.78, 5) is 36.3. The first-order valence-corrected chi connectivity index (χ1v) is 6.02. The Kier molecular flexibility index (Phi) is 4.47. The van der Waals surface area contributed by atoms with Crippen LogP contribution in [-0.4, -0.2) is 41.4 Å². The van der Waals surface area contributed by atoms with Crippen molar-refractivity contribution in [2.24, 2.45) is 0 Å². The van der Waals surface area contributed by atoms with Crippen LogP contribution in [0.4, 0.5) is 4.79 Å². The van der Waals surface area contributed by atoms with Gasteiger partial charge in [0, 0.05) is 6.54 Å². The summed E-state index contributed by atoms with van der Waals surface area (Å²) in [5, 5.41) is 5.20. The van der Waals surface area contributed by atoms with Crippen LogP contribution in [0.2, 0.25) is 0 Å². The highest BCUT2D eigenvalue weighted by atomic mass is 16.2. The van der Waals surface area contributed by atoms with E-state index in [0.717, 1.165) is 4.90 Å². The molecule has 0 bridgehead atoms. The molecular weight excluding hydrogens is 234 g/mol. The topological polar surface area (TPSA) is 78.5 Å². The minimum atomic E-state index is -0.851. The average molecular weight is 253 g/mol. The Balaban J connectivity index is 2.73. The molecule has 1 fully saturated rings. The Hall–Kier alpha value is -1.85. The molecule has 0 spiro atoms. The van der Waals surface area contributed by atoms with Gasteiger partial charge in [-0.15, -0.1) is 6.58 Å². The van der Waals surface area contributed by atoms with E-state index < -0.39 is 11.6 Å². The lowest BCUT2D eigenvalue weighted by molar-refractivity contribution is -0.135. The molecule has 0 unspecified atom stereocenters. The number of hydrogen-bond donors (Lipinski definition) is 2. The third-order valence-corrected chi connectivity index (χ3v) is 3.20. The molecular formula is C12H19N3O3. The van der Waals surface area contributed by atoms with Crippen molar-refractivity contribution in [3.05, 3.63) is 12.7 Å². The molecule has 4 amide bonds. The van der Waals surface area contributed by atoms with Crippen molar-refractivity contribution in [3.63, 3.8) is 0 Å². The smallest absolute Gasteiger partial charge is 0.325 e. The minimum Gasteiger partial charge on any atom is -0.351 e. The first-order chi connectivity index (χ1) is 8.50. The number of hydrogen-bond acceptors (Lipinski definition) is 3. The maximum absolute atomic E-state index is 12.2. The number of urea groups is 1. The number of rotatable bonds is 6. The van der Waals surface area contributed by atoms with Crippen LogP contribution in [0, 0.1) is 0 Å². The minimum absolute atomic E-state index is 0.250. The van der Waals surface area contributed by atoms with Crippen LogP contribution in [0.3, 0.4) is 0 Å². The van der Waals surface area contributed by atoms with Crippen molar-refractivity contribution in [1.29, 1.82) is 0 Å². The number of imide groups is 1.